The Labute approximate surface area is 226 Å². The van der Waals surface area contributed by atoms with Gasteiger partial charge in [-0.05, 0) is 23.6 Å². The molecule has 5 rings (SSSR count). The van der Waals surface area contributed by atoms with Crippen molar-refractivity contribution in [3.8, 4) is 0 Å². The maximum Gasteiger partial charge on any atom is 0.416 e. The second-order valence-corrected chi connectivity index (χ2v) is 9.54. The maximum atomic E-state index is 13.0. The topological polar surface area (TPSA) is 140 Å². The molecule has 2 atom stereocenters. The molecule has 0 radical (unpaired) electrons. The van der Waals surface area contributed by atoms with Gasteiger partial charge in [0.15, 0.2) is 12.1 Å². The van der Waals surface area contributed by atoms with Crippen LogP contribution < -0.4 is 16.4 Å². The summed E-state index contributed by atoms with van der Waals surface area (Å²) in [4.78, 5) is 35.1. The van der Waals surface area contributed by atoms with Crippen molar-refractivity contribution in [2.45, 2.75) is 25.7 Å². The average Bonchev–Trinajstić information content (AvgIpc) is 3.24. The van der Waals surface area contributed by atoms with Gasteiger partial charge in [-0.2, -0.15) is 18.3 Å². The van der Waals surface area contributed by atoms with Crippen LogP contribution in [0.3, 0.4) is 0 Å². The Bertz CT molecular complexity index is 1490. The second-order valence-electron chi connectivity index (χ2n) is 9.54. The molecule has 1 saturated heterocycles. The summed E-state index contributed by atoms with van der Waals surface area (Å²) in [5.74, 6) is -0.255. The SMILES string of the molecule is CC1C=C(c2c(C=O)c(CN3CCOCC3)n3ncnc(N)c23)C=CC1NC(=O)Nc1cc(C(F)(F)F)ccn1. The molecule has 210 valence electrons. The number of ether oxygens (including phenoxy) is 1. The predicted octanol–water partition coefficient (Wildman–Crippen LogP) is 3.15. The van der Waals surface area contributed by atoms with Crippen molar-refractivity contribution < 1.29 is 27.5 Å². The minimum absolute atomic E-state index is 0.219. The number of carbonyl (C=O) groups excluding carboxylic acids is 2. The number of nitrogens with two attached hydrogens (primary N) is 1. The zero-order valence-electron chi connectivity index (χ0n) is 21.5. The van der Waals surface area contributed by atoms with Gasteiger partial charge >= 0.3 is 12.2 Å². The van der Waals surface area contributed by atoms with Crippen LogP contribution in [0.1, 0.15) is 34.1 Å². The van der Waals surface area contributed by atoms with Crippen molar-refractivity contribution in [3.63, 3.8) is 0 Å². The smallest absolute Gasteiger partial charge is 0.382 e. The molecule has 14 heteroatoms. The summed E-state index contributed by atoms with van der Waals surface area (Å²) in [7, 11) is 0. The maximum absolute atomic E-state index is 13.0. The highest BCUT2D eigenvalue weighted by molar-refractivity contribution is 6.00. The number of pyridine rings is 1. The molecule has 0 bridgehead atoms. The Morgan fingerprint density at radius 2 is 2.05 bits per heavy atom. The van der Waals surface area contributed by atoms with Crippen LogP contribution in [0.15, 0.2) is 42.9 Å². The van der Waals surface area contributed by atoms with Gasteiger partial charge in [0.2, 0.25) is 0 Å². The summed E-state index contributed by atoms with van der Waals surface area (Å²) in [6, 6.07) is 0.394. The summed E-state index contributed by atoms with van der Waals surface area (Å²) in [6.07, 6.45) is 3.96. The second kappa shape index (κ2) is 11.1. The fourth-order valence-electron chi connectivity index (χ4n) is 4.88. The molecular weight excluding hydrogens is 529 g/mol. The number of halogens is 3. The largest absolute Gasteiger partial charge is 0.416 e. The van der Waals surface area contributed by atoms with E-state index < -0.39 is 23.8 Å². The highest BCUT2D eigenvalue weighted by atomic mass is 19.4. The Morgan fingerprint density at radius 3 is 2.75 bits per heavy atom. The van der Waals surface area contributed by atoms with Gasteiger partial charge in [-0.3, -0.25) is 15.0 Å². The van der Waals surface area contributed by atoms with Crippen molar-refractivity contribution >= 4 is 35.0 Å². The average molecular weight is 557 g/mol. The summed E-state index contributed by atoms with van der Waals surface area (Å²) in [5.41, 5.74) is 8.28. The van der Waals surface area contributed by atoms with Crippen molar-refractivity contribution in [2.75, 3.05) is 37.4 Å². The number of carbonyl (C=O) groups is 2. The molecule has 3 aromatic rings. The summed E-state index contributed by atoms with van der Waals surface area (Å²) < 4.78 is 46.0. The van der Waals surface area contributed by atoms with Gasteiger partial charge in [-0.15, -0.1) is 0 Å². The molecule has 3 aromatic heterocycles. The zero-order valence-corrected chi connectivity index (χ0v) is 21.5. The van der Waals surface area contributed by atoms with E-state index in [1.165, 1.54) is 6.33 Å². The molecular formula is C26H27F3N8O3. The first kappa shape index (κ1) is 27.3. The Kier molecular flexibility index (Phi) is 7.54. The molecule has 0 aromatic carbocycles. The Morgan fingerprint density at radius 1 is 1.27 bits per heavy atom. The number of nitrogen functional groups attached to an aromatic ring is 1. The first-order chi connectivity index (χ1) is 19.2. The van der Waals surface area contributed by atoms with Gasteiger partial charge in [-0.1, -0.05) is 25.2 Å². The minimum atomic E-state index is -4.56. The molecule has 2 unspecified atom stereocenters. The predicted molar refractivity (Wildman–Crippen MR) is 140 cm³/mol. The van der Waals surface area contributed by atoms with Crippen LogP contribution in [0, 0.1) is 5.92 Å². The van der Waals surface area contributed by atoms with Crippen molar-refractivity contribution in [1.82, 2.24) is 29.8 Å². The number of alkyl halides is 3. The highest BCUT2D eigenvalue weighted by Crippen LogP contribution is 2.35. The normalized spacial score (nSPS) is 19.9. The fourth-order valence-corrected chi connectivity index (χ4v) is 4.88. The number of hydrogen-bond acceptors (Lipinski definition) is 8. The molecule has 1 fully saturated rings. The van der Waals surface area contributed by atoms with E-state index in [1.807, 2.05) is 13.0 Å². The Balaban J connectivity index is 1.38. The molecule has 1 aliphatic heterocycles. The number of nitrogens with zero attached hydrogens (tertiary/aromatic N) is 5. The molecule has 0 saturated carbocycles. The third kappa shape index (κ3) is 5.53. The molecule has 4 N–H and O–H groups in total. The Hall–Kier alpha value is -4.30. The lowest BCUT2D eigenvalue weighted by Crippen LogP contribution is -2.41. The lowest BCUT2D eigenvalue weighted by Gasteiger charge is -2.26. The number of fused-ring (bicyclic) bond motifs is 1. The van der Waals surface area contributed by atoms with Gasteiger partial charge in [0.25, 0.3) is 0 Å². The van der Waals surface area contributed by atoms with Crippen LogP contribution >= 0.6 is 0 Å². The van der Waals surface area contributed by atoms with Gasteiger partial charge in [0.1, 0.15) is 17.7 Å². The summed E-state index contributed by atoms with van der Waals surface area (Å²) >= 11 is 0. The monoisotopic (exact) mass is 556 g/mol. The van der Waals surface area contributed by atoms with E-state index >= 15 is 0 Å². The molecule has 2 aliphatic rings. The summed E-state index contributed by atoms with van der Waals surface area (Å²) in [6.45, 7) is 4.96. The van der Waals surface area contributed by atoms with E-state index in [0.29, 0.717) is 60.8 Å². The van der Waals surface area contributed by atoms with Crippen LogP contribution in [0.5, 0.6) is 0 Å². The third-order valence-electron chi connectivity index (χ3n) is 6.89. The third-order valence-corrected chi connectivity index (χ3v) is 6.89. The minimum Gasteiger partial charge on any atom is -0.382 e. The number of urea groups is 1. The van der Waals surface area contributed by atoms with E-state index in [0.717, 1.165) is 24.6 Å². The number of anilines is 2. The van der Waals surface area contributed by atoms with Crippen LogP contribution in [-0.2, 0) is 17.5 Å². The van der Waals surface area contributed by atoms with Crippen molar-refractivity contribution in [3.05, 3.63) is 65.3 Å². The first-order valence-electron chi connectivity index (χ1n) is 12.6. The number of amides is 2. The summed E-state index contributed by atoms with van der Waals surface area (Å²) in [5, 5.41) is 9.47. The molecule has 4 heterocycles. The van der Waals surface area contributed by atoms with E-state index in [-0.39, 0.29) is 17.6 Å². The van der Waals surface area contributed by atoms with Gasteiger partial charge < -0.3 is 15.8 Å². The van der Waals surface area contributed by atoms with Crippen LogP contribution in [0.25, 0.3) is 11.1 Å². The van der Waals surface area contributed by atoms with Crippen LogP contribution in [0.2, 0.25) is 0 Å². The van der Waals surface area contributed by atoms with Crippen LogP contribution in [0.4, 0.5) is 29.6 Å². The number of nitrogens with one attached hydrogen (secondary N) is 2. The molecule has 40 heavy (non-hydrogen) atoms. The zero-order chi connectivity index (χ0) is 28.4. The van der Waals surface area contributed by atoms with E-state index in [1.54, 1.807) is 16.7 Å². The lowest BCUT2D eigenvalue weighted by atomic mass is 9.88. The molecule has 2 amide bonds. The van der Waals surface area contributed by atoms with Crippen LogP contribution in [-0.4, -0.2) is 69.1 Å². The number of hydrogen-bond donors (Lipinski definition) is 3. The van der Waals surface area contributed by atoms with E-state index in [9.17, 15) is 22.8 Å². The van der Waals surface area contributed by atoms with Gasteiger partial charge in [-0.25, -0.2) is 19.3 Å². The number of rotatable bonds is 6. The number of aromatic nitrogens is 4. The lowest BCUT2D eigenvalue weighted by molar-refractivity contribution is -0.137. The first-order valence-corrected chi connectivity index (χ1v) is 12.6. The van der Waals surface area contributed by atoms with Crippen molar-refractivity contribution in [2.24, 2.45) is 5.92 Å². The number of morpholine rings is 1. The number of aldehydes is 1. The van der Waals surface area contributed by atoms with Crippen molar-refractivity contribution in [1.29, 1.82) is 0 Å². The molecule has 0 spiro atoms. The molecule has 1 aliphatic carbocycles. The van der Waals surface area contributed by atoms with Gasteiger partial charge in [0, 0.05) is 37.0 Å². The standard InChI is InChI=1S/C26H27F3N8O3/c1-15-10-16(2-3-19(15)34-25(39)35-21-11-17(4-5-31-21)26(27,28)29)22-18(13-38)20(12-36-6-8-40-9-7-36)37-23(22)24(30)32-14-33-37/h2-5,10-11,13-15,19H,6-9,12H2,1H3,(H2,30,32,33)(H2,31,34,35,39). The quantitative estimate of drug-likeness (QED) is 0.394. The van der Waals surface area contributed by atoms with E-state index in [2.05, 4.69) is 30.6 Å². The van der Waals surface area contributed by atoms with Gasteiger partial charge in [0.05, 0.1) is 30.5 Å². The highest BCUT2D eigenvalue weighted by Gasteiger charge is 2.31. The van der Waals surface area contributed by atoms with E-state index in [4.69, 9.17) is 10.5 Å². The molecule has 11 nitrogen and oxygen atoms in total. The fraction of sp³-hybridized carbons (Fsp3) is 0.346. The number of allylic oxidation sites excluding steroid dienone is 2.